The summed E-state index contributed by atoms with van der Waals surface area (Å²) in [6, 6.07) is 13.5. The van der Waals surface area contributed by atoms with E-state index in [2.05, 4.69) is 0 Å². The topological polar surface area (TPSA) is 79.2 Å². The minimum absolute atomic E-state index is 0. The molecular formula is C14H9ClLiNO4S2. The monoisotopic (exact) mass is 361 g/mol. The molecule has 3 rings (SSSR count). The fourth-order valence-corrected chi connectivity index (χ4v) is 4.71. The molecule has 5 nitrogen and oxygen atoms in total. The van der Waals surface area contributed by atoms with Gasteiger partial charge in [-0.05, 0) is 41.4 Å². The molecule has 0 bridgehead atoms. The summed E-state index contributed by atoms with van der Waals surface area (Å²) >= 11 is 3.20. The van der Waals surface area contributed by atoms with Crippen molar-refractivity contribution < 1.29 is 36.0 Å². The maximum absolute atomic E-state index is 12.8. The molecule has 0 fully saturated rings. The predicted octanol–water partition coefficient (Wildman–Crippen LogP) is -0.226. The van der Waals surface area contributed by atoms with E-state index in [1.807, 2.05) is 0 Å². The van der Waals surface area contributed by atoms with Gasteiger partial charge < -0.3 is 4.55 Å². The Hall–Kier alpha value is -1.07. The van der Waals surface area contributed by atoms with Gasteiger partial charge in [-0.1, -0.05) is 35.9 Å². The number of hydrogen-bond donors (Lipinski definition) is 0. The third kappa shape index (κ3) is 3.26. The molecule has 0 saturated carbocycles. The Labute approximate surface area is 152 Å². The molecule has 0 aliphatic heterocycles. The van der Waals surface area contributed by atoms with Crippen LogP contribution in [0, 0.1) is 0 Å². The molecule has 0 saturated heterocycles. The number of halogens is 1. The first-order valence-corrected chi connectivity index (χ1v) is 9.01. The number of nitrogens with zero attached hydrogens (tertiary/aromatic N) is 1. The maximum atomic E-state index is 12.8. The third-order valence-corrected chi connectivity index (χ3v) is 5.88. The van der Waals surface area contributed by atoms with Crippen LogP contribution in [0.2, 0.25) is 5.02 Å². The minimum Gasteiger partial charge on any atom is -0.767 e. The van der Waals surface area contributed by atoms with E-state index in [9.17, 15) is 17.2 Å². The molecule has 0 aliphatic rings. The Kier molecular flexibility index (Phi) is 5.41. The smallest absolute Gasteiger partial charge is 0.767 e. The van der Waals surface area contributed by atoms with Gasteiger partial charge in [0.25, 0.3) is 10.0 Å². The average Bonchev–Trinajstić information content (AvgIpc) is 2.87. The van der Waals surface area contributed by atoms with Crippen LogP contribution in [0.4, 0.5) is 0 Å². The van der Waals surface area contributed by atoms with Crippen molar-refractivity contribution in [2.75, 3.05) is 0 Å². The molecule has 114 valence electrons. The summed E-state index contributed by atoms with van der Waals surface area (Å²) in [4.78, 5) is -0.000763. The Morgan fingerprint density at radius 2 is 1.70 bits per heavy atom. The molecular weight excluding hydrogens is 353 g/mol. The minimum atomic E-state index is -4.05. The van der Waals surface area contributed by atoms with Crippen LogP contribution in [-0.4, -0.2) is 21.2 Å². The molecule has 9 heteroatoms. The summed E-state index contributed by atoms with van der Waals surface area (Å²) in [5, 5.41) is 0.461. The fraction of sp³-hybridized carbons (Fsp3) is 0. The van der Waals surface area contributed by atoms with Crippen LogP contribution in [0.25, 0.3) is 10.9 Å². The van der Waals surface area contributed by atoms with Crippen molar-refractivity contribution in [3.05, 3.63) is 59.6 Å². The molecule has 1 atom stereocenters. The van der Waals surface area contributed by atoms with E-state index in [1.165, 1.54) is 24.3 Å². The van der Waals surface area contributed by atoms with Crippen molar-refractivity contribution in [3.8, 4) is 0 Å². The molecule has 0 amide bonds. The zero-order chi connectivity index (χ0) is 15.9. The van der Waals surface area contributed by atoms with Crippen LogP contribution in [0.3, 0.4) is 0 Å². The number of hydrogen-bond acceptors (Lipinski definition) is 4. The van der Waals surface area contributed by atoms with Crippen molar-refractivity contribution in [2.45, 2.75) is 9.92 Å². The molecule has 23 heavy (non-hydrogen) atoms. The van der Waals surface area contributed by atoms with E-state index in [-0.39, 0.29) is 34.3 Å². The van der Waals surface area contributed by atoms with E-state index >= 15 is 0 Å². The molecule has 0 radical (unpaired) electrons. The fourth-order valence-electron chi connectivity index (χ4n) is 2.19. The molecule has 0 spiro atoms. The van der Waals surface area contributed by atoms with Crippen molar-refractivity contribution >= 4 is 43.6 Å². The van der Waals surface area contributed by atoms with Gasteiger partial charge in [0.2, 0.25) is 0 Å². The first kappa shape index (κ1) is 18.3. The molecule has 0 aliphatic carbocycles. The Morgan fingerprint density at radius 1 is 1.04 bits per heavy atom. The molecule has 2 aromatic carbocycles. The van der Waals surface area contributed by atoms with Crippen molar-refractivity contribution in [2.24, 2.45) is 0 Å². The standard InChI is InChI=1S/C14H10ClNO4S2.Li/c15-11-7-6-10-8-14(21(17)18)16(13(10)9-11)22(19,20)12-4-2-1-3-5-12;/h1-9H,(H,17,18);/q;+1/p-1. The van der Waals surface area contributed by atoms with E-state index < -0.39 is 21.1 Å². The van der Waals surface area contributed by atoms with Gasteiger partial charge in [0.15, 0.2) is 0 Å². The van der Waals surface area contributed by atoms with Gasteiger partial charge in [0.1, 0.15) is 5.03 Å². The van der Waals surface area contributed by atoms with Crippen molar-refractivity contribution in [1.29, 1.82) is 0 Å². The number of fused-ring (bicyclic) bond motifs is 1. The first-order valence-electron chi connectivity index (χ1n) is 6.12. The normalized spacial score (nSPS) is 12.8. The van der Waals surface area contributed by atoms with E-state index in [0.29, 0.717) is 10.4 Å². The van der Waals surface area contributed by atoms with Crippen LogP contribution in [0.1, 0.15) is 0 Å². The third-order valence-electron chi connectivity index (χ3n) is 3.14. The quantitative estimate of drug-likeness (QED) is 0.477. The second kappa shape index (κ2) is 6.81. The summed E-state index contributed by atoms with van der Waals surface area (Å²) in [6.45, 7) is 0. The number of rotatable bonds is 3. The first-order chi connectivity index (χ1) is 10.4. The van der Waals surface area contributed by atoms with Crippen molar-refractivity contribution in [1.82, 2.24) is 3.97 Å². The maximum Gasteiger partial charge on any atom is 1.00 e. The molecule has 3 aromatic rings. The average molecular weight is 362 g/mol. The van der Waals surface area contributed by atoms with Gasteiger partial charge in [-0.25, -0.2) is 12.4 Å². The second-order valence-electron chi connectivity index (χ2n) is 4.50. The van der Waals surface area contributed by atoms with Gasteiger partial charge in [-0.3, -0.25) is 4.21 Å². The Bertz CT molecular complexity index is 987. The molecule has 0 N–H and O–H groups in total. The van der Waals surface area contributed by atoms with Crippen LogP contribution in [0.15, 0.2) is 64.5 Å². The zero-order valence-corrected chi connectivity index (χ0v) is 14.4. The largest absolute Gasteiger partial charge is 1.00 e. The summed E-state index contributed by atoms with van der Waals surface area (Å²) in [6.07, 6.45) is 0. The van der Waals surface area contributed by atoms with Crippen LogP contribution >= 0.6 is 11.6 Å². The van der Waals surface area contributed by atoms with Gasteiger partial charge in [0, 0.05) is 10.4 Å². The molecule has 1 unspecified atom stereocenters. The van der Waals surface area contributed by atoms with Crippen molar-refractivity contribution in [3.63, 3.8) is 0 Å². The summed E-state index contributed by atoms with van der Waals surface area (Å²) in [7, 11) is -4.05. The van der Waals surface area contributed by atoms with Gasteiger partial charge in [0.05, 0.1) is 10.4 Å². The van der Waals surface area contributed by atoms with Gasteiger partial charge in [-0.2, -0.15) is 0 Å². The SMILES string of the molecule is O=S([O-])c1cc2ccc(Cl)cc2n1S(=O)(=O)c1ccccc1.[Li+]. The van der Waals surface area contributed by atoms with E-state index in [0.717, 1.165) is 3.97 Å². The van der Waals surface area contributed by atoms with Crippen LogP contribution in [-0.2, 0) is 21.1 Å². The number of benzene rings is 2. The predicted molar refractivity (Wildman–Crippen MR) is 83.2 cm³/mol. The second-order valence-corrected chi connectivity index (χ2v) is 7.61. The number of aromatic nitrogens is 1. The van der Waals surface area contributed by atoms with Gasteiger partial charge in [-0.15, -0.1) is 0 Å². The van der Waals surface area contributed by atoms with Crippen LogP contribution in [0.5, 0.6) is 0 Å². The Balaban J connectivity index is 0.00000192. The summed E-state index contributed by atoms with van der Waals surface area (Å²) in [5.74, 6) is 0. The summed E-state index contributed by atoms with van der Waals surface area (Å²) in [5.41, 5.74) is 0.218. The van der Waals surface area contributed by atoms with Gasteiger partial charge >= 0.3 is 18.9 Å². The van der Waals surface area contributed by atoms with E-state index in [1.54, 1.807) is 30.3 Å². The zero-order valence-electron chi connectivity index (χ0n) is 12.0. The Morgan fingerprint density at radius 3 is 2.30 bits per heavy atom. The van der Waals surface area contributed by atoms with Crippen LogP contribution < -0.4 is 18.9 Å². The summed E-state index contributed by atoms with van der Waals surface area (Å²) < 4.78 is 49.3. The van der Waals surface area contributed by atoms with E-state index in [4.69, 9.17) is 11.6 Å². The molecule has 1 aromatic heterocycles. The molecule has 1 heterocycles.